The number of rotatable bonds is 6. The molecule has 1 saturated heterocycles. The van der Waals surface area contributed by atoms with Gasteiger partial charge < -0.3 is 10.1 Å². The highest BCUT2D eigenvalue weighted by Gasteiger charge is 2.34. The quantitative estimate of drug-likeness (QED) is 0.598. The highest BCUT2D eigenvalue weighted by atomic mass is 32.2. The van der Waals surface area contributed by atoms with E-state index in [0.29, 0.717) is 25.5 Å². The summed E-state index contributed by atoms with van der Waals surface area (Å²) in [4.78, 5) is 0. The van der Waals surface area contributed by atoms with Crippen molar-refractivity contribution in [2.75, 3.05) is 19.7 Å². The van der Waals surface area contributed by atoms with E-state index in [4.69, 9.17) is 4.74 Å². The van der Waals surface area contributed by atoms with Gasteiger partial charge >= 0.3 is 5.51 Å². The average molecular weight is 429 g/mol. The van der Waals surface area contributed by atoms with Gasteiger partial charge in [-0.1, -0.05) is 6.07 Å². The Bertz CT molecular complexity index is 791. The maximum absolute atomic E-state index is 12.5. The second-order valence-corrected chi connectivity index (χ2v) is 8.95. The number of nitrogens with one attached hydrogen (secondary N) is 3. The van der Waals surface area contributed by atoms with Crippen molar-refractivity contribution >= 4 is 22.9 Å². The number of fused-ring (bicyclic) bond motifs is 1. The molecule has 0 spiro atoms. The smallest absolute Gasteiger partial charge is 0.378 e. The molecule has 3 N–H and O–H groups in total. The lowest BCUT2D eigenvalue weighted by Crippen LogP contribution is -2.48. The van der Waals surface area contributed by atoms with Gasteiger partial charge in [-0.2, -0.15) is 18.3 Å². The van der Waals surface area contributed by atoms with Gasteiger partial charge in [-0.3, -0.25) is 9.82 Å². The fourth-order valence-corrected chi connectivity index (χ4v) is 5.03. The van der Waals surface area contributed by atoms with Crippen LogP contribution in [0.3, 0.4) is 0 Å². The fourth-order valence-electron chi connectivity index (χ4n) is 4.43. The van der Waals surface area contributed by atoms with Crippen LogP contribution in [0.1, 0.15) is 43.6 Å². The largest absolute Gasteiger partial charge is 0.456 e. The summed E-state index contributed by atoms with van der Waals surface area (Å²) in [7, 11) is 0. The van der Waals surface area contributed by atoms with Gasteiger partial charge in [-0.15, -0.1) is 0 Å². The number of H-pyrrole nitrogens is 1. The Labute approximate surface area is 172 Å². The molecule has 29 heavy (non-hydrogen) atoms. The number of benzene rings is 1. The molecule has 2 atom stereocenters. The van der Waals surface area contributed by atoms with Crippen LogP contribution in [0.5, 0.6) is 0 Å². The number of hydrogen-bond donors (Lipinski definition) is 3. The number of ether oxygens (including phenoxy) is 1. The summed E-state index contributed by atoms with van der Waals surface area (Å²) in [5.74, 6) is 0.586. The second-order valence-electron chi connectivity index (χ2n) is 8.05. The van der Waals surface area contributed by atoms with Crippen LogP contribution in [-0.4, -0.2) is 47.5 Å². The molecule has 1 aliphatic heterocycles. The molecule has 2 aliphatic rings. The maximum atomic E-state index is 12.5. The molecule has 1 aromatic heterocycles. The third kappa shape index (κ3) is 5.65. The zero-order chi connectivity index (χ0) is 20.3. The molecule has 2 heterocycles. The number of halogens is 3. The third-order valence-corrected chi connectivity index (χ3v) is 6.74. The molecule has 2 aromatic rings. The number of alkyl halides is 3. The molecular weight excluding hydrogens is 401 g/mol. The van der Waals surface area contributed by atoms with Crippen molar-refractivity contribution in [1.82, 2.24) is 20.2 Å². The minimum atomic E-state index is -4.26. The Morgan fingerprint density at radius 2 is 2.00 bits per heavy atom. The number of nitrogens with zero attached hydrogens (tertiary/aromatic N) is 1. The van der Waals surface area contributed by atoms with Gasteiger partial charge in [0.05, 0.1) is 24.4 Å². The van der Waals surface area contributed by atoms with Crippen molar-refractivity contribution in [3.05, 3.63) is 30.0 Å². The van der Waals surface area contributed by atoms with Gasteiger partial charge in [0, 0.05) is 35.8 Å². The molecule has 0 bridgehead atoms. The van der Waals surface area contributed by atoms with E-state index in [9.17, 15) is 13.2 Å². The molecule has 1 aliphatic carbocycles. The molecule has 0 amide bonds. The predicted octanol–water partition coefficient (Wildman–Crippen LogP) is 4.34. The molecule has 2 fully saturated rings. The van der Waals surface area contributed by atoms with Crippen molar-refractivity contribution in [2.24, 2.45) is 5.92 Å². The Balaban J connectivity index is 1.24. The van der Waals surface area contributed by atoms with Crippen LogP contribution in [0, 0.1) is 5.92 Å². The summed E-state index contributed by atoms with van der Waals surface area (Å²) < 4.78 is 46.3. The summed E-state index contributed by atoms with van der Waals surface area (Å²) in [5, 5.41) is 11.5. The van der Waals surface area contributed by atoms with Gasteiger partial charge in [0.1, 0.15) is 0 Å². The predicted molar refractivity (Wildman–Crippen MR) is 109 cm³/mol. The summed E-state index contributed by atoms with van der Waals surface area (Å²) in [6.07, 6.45) is 6.85. The van der Waals surface area contributed by atoms with E-state index in [1.54, 1.807) is 0 Å². The van der Waals surface area contributed by atoms with E-state index in [0.717, 1.165) is 43.1 Å². The molecule has 5 nitrogen and oxygen atoms in total. The monoisotopic (exact) mass is 428 g/mol. The third-order valence-electron chi connectivity index (χ3n) is 6.09. The van der Waals surface area contributed by atoms with Gasteiger partial charge in [0.2, 0.25) is 0 Å². The van der Waals surface area contributed by atoms with E-state index in [1.807, 2.05) is 6.20 Å². The Kier molecular flexibility index (Phi) is 6.68. The summed E-state index contributed by atoms with van der Waals surface area (Å²) >= 11 is -0.135. The van der Waals surface area contributed by atoms with Crippen LogP contribution < -0.4 is 10.0 Å². The zero-order valence-corrected chi connectivity index (χ0v) is 17.0. The highest BCUT2D eigenvalue weighted by Crippen LogP contribution is 2.35. The van der Waals surface area contributed by atoms with Crippen LogP contribution in [-0.2, 0) is 4.74 Å². The number of aromatic amines is 1. The Morgan fingerprint density at radius 1 is 1.17 bits per heavy atom. The van der Waals surface area contributed by atoms with Crippen molar-refractivity contribution in [3.63, 3.8) is 0 Å². The molecule has 1 saturated carbocycles. The Morgan fingerprint density at radius 3 is 2.79 bits per heavy atom. The summed E-state index contributed by atoms with van der Waals surface area (Å²) in [6, 6.07) is 6.30. The van der Waals surface area contributed by atoms with Gasteiger partial charge in [-0.05, 0) is 62.3 Å². The average Bonchev–Trinajstić information content (AvgIpc) is 3.19. The normalized spacial score (nSPS) is 28.7. The highest BCUT2D eigenvalue weighted by molar-refractivity contribution is 7.98. The first kappa shape index (κ1) is 21.0. The first-order chi connectivity index (χ1) is 14.0. The lowest BCUT2D eigenvalue weighted by Gasteiger charge is -2.35. The molecule has 4 rings (SSSR count). The minimum Gasteiger partial charge on any atom is -0.378 e. The van der Waals surface area contributed by atoms with Crippen LogP contribution in [0.15, 0.2) is 24.4 Å². The van der Waals surface area contributed by atoms with Gasteiger partial charge in [-0.25, -0.2) is 0 Å². The topological polar surface area (TPSA) is 62.0 Å². The molecule has 9 heteroatoms. The molecule has 2 unspecified atom stereocenters. The van der Waals surface area contributed by atoms with Gasteiger partial charge in [0.25, 0.3) is 0 Å². The van der Waals surface area contributed by atoms with Crippen molar-refractivity contribution in [2.45, 2.75) is 55.7 Å². The fraction of sp³-hybridized carbons (Fsp3) is 0.650. The lowest BCUT2D eigenvalue weighted by atomic mass is 9.82. The molecule has 160 valence electrons. The lowest BCUT2D eigenvalue weighted by molar-refractivity contribution is -0.0347. The van der Waals surface area contributed by atoms with Crippen LogP contribution >= 0.6 is 11.9 Å². The zero-order valence-electron chi connectivity index (χ0n) is 16.2. The van der Waals surface area contributed by atoms with E-state index in [-0.39, 0.29) is 30.0 Å². The summed E-state index contributed by atoms with van der Waals surface area (Å²) in [6.45, 7) is 1.92. The molecule has 0 radical (unpaired) electrons. The van der Waals surface area contributed by atoms with E-state index < -0.39 is 5.51 Å². The first-order valence-electron chi connectivity index (χ1n) is 10.2. The maximum Gasteiger partial charge on any atom is 0.456 e. The summed E-state index contributed by atoms with van der Waals surface area (Å²) in [5.41, 5.74) is -1.85. The first-order valence-corrected chi connectivity index (χ1v) is 11.1. The van der Waals surface area contributed by atoms with Crippen LogP contribution in [0.4, 0.5) is 13.2 Å². The van der Waals surface area contributed by atoms with Crippen molar-refractivity contribution < 1.29 is 17.9 Å². The SMILES string of the molecule is FC(F)(F)SNC1CCNCC1COC1CCC(c2ccc3[nH]ncc3c2)CC1. The van der Waals surface area contributed by atoms with Crippen LogP contribution in [0.25, 0.3) is 10.9 Å². The Hall–Kier alpha value is -1.29. The van der Waals surface area contributed by atoms with E-state index in [1.165, 1.54) is 5.56 Å². The number of aromatic nitrogens is 2. The number of hydrogen-bond acceptors (Lipinski definition) is 5. The standard InChI is InChI=1S/C20H27F3N4OS/c21-20(22,23)29-27-19-7-8-24-10-16(19)12-28-17-4-1-13(2-5-17)14-3-6-18-15(9-14)11-25-26-18/h3,6,9,11,13,16-17,19,24,27H,1-2,4-5,7-8,10,12H2,(H,25,26). The van der Waals surface area contributed by atoms with E-state index >= 15 is 0 Å². The van der Waals surface area contributed by atoms with Gasteiger partial charge in [0.15, 0.2) is 0 Å². The van der Waals surface area contributed by atoms with Crippen molar-refractivity contribution in [3.8, 4) is 0 Å². The second kappa shape index (κ2) is 9.24. The number of piperidine rings is 1. The van der Waals surface area contributed by atoms with Crippen LogP contribution in [0.2, 0.25) is 0 Å². The molecule has 1 aromatic carbocycles. The minimum absolute atomic E-state index is 0.0554. The van der Waals surface area contributed by atoms with E-state index in [2.05, 4.69) is 38.4 Å². The molecular formula is C20H27F3N4OS. The van der Waals surface area contributed by atoms with Crippen molar-refractivity contribution in [1.29, 1.82) is 0 Å².